The van der Waals surface area contributed by atoms with Crippen LogP contribution in [0.15, 0.2) is 88.6 Å². The van der Waals surface area contributed by atoms with Crippen molar-refractivity contribution in [1.29, 1.82) is 0 Å². The number of fused-ring (bicyclic) bond motifs is 18. The van der Waals surface area contributed by atoms with Gasteiger partial charge in [-0.3, -0.25) is 24.0 Å². The minimum absolute atomic E-state index is 0.0323. The van der Waals surface area contributed by atoms with E-state index in [9.17, 15) is 44.4 Å². The maximum absolute atomic E-state index is 14.1. The second-order valence-electron chi connectivity index (χ2n) is 14.2. The van der Waals surface area contributed by atoms with E-state index in [-0.39, 0.29) is 71.6 Å². The summed E-state index contributed by atoms with van der Waals surface area (Å²) in [6.07, 6.45) is 13.1. The topological polar surface area (TPSA) is 190 Å². The first-order chi connectivity index (χ1) is 25.9. The van der Waals surface area contributed by atoms with Crippen LogP contribution in [-0.4, -0.2) is 80.2 Å². The number of phenols is 1. The average Bonchev–Trinajstić information content (AvgIpc) is 3.13. The van der Waals surface area contributed by atoms with Gasteiger partial charge in [-0.15, -0.1) is 11.8 Å². The minimum Gasteiger partial charge on any atom is -0.507 e. The van der Waals surface area contributed by atoms with Gasteiger partial charge >= 0.3 is 0 Å². The Balaban J connectivity index is 2.08. The molecule has 6 N–H and O–H groups in total. The molecule has 0 fully saturated rings. The highest BCUT2D eigenvalue weighted by atomic mass is 32.2. The summed E-state index contributed by atoms with van der Waals surface area (Å²) < 4.78 is 0. The molecule has 0 saturated heterocycles. The predicted octanol–water partition coefficient (Wildman–Crippen LogP) is 5.29. The Kier molecular flexibility index (Phi) is 17.0. The first-order valence-electron chi connectivity index (χ1n) is 18.4. The van der Waals surface area contributed by atoms with Crippen LogP contribution in [0.2, 0.25) is 0 Å². The maximum atomic E-state index is 14.1. The van der Waals surface area contributed by atoms with E-state index in [1.54, 1.807) is 90.2 Å². The van der Waals surface area contributed by atoms with Crippen molar-refractivity contribution < 1.29 is 44.4 Å². The number of ketones is 3. The minimum atomic E-state index is -0.954. The number of aliphatic hydroxyl groups excluding tert-OH is 3. The Hall–Kier alpha value is -4.62. The molecule has 0 radical (unpaired) electrons. The van der Waals surface area contributed by atoms with Crippen LogP contribution < -0.4 is 10.6 Å². The van der Waals surface area contributed by atoms with Crippen molar-refractivity contribution in [2.24, 2.45) is 17.8 Å². The quantitative estimate of drug-likeness (QED) is 0.173. The molecule has 0 aromatic heterocycles. The van der Waals surface area contributed by atoms with Crippen molar-refractivity contribution in [3.8, 4) is 5.75 Å². The van der Waals surface area contributed by atoms with E-state index in [2.05, 4.69) is 10.6 Å². The molecule has 296 valence electrons. The number of aliphatic hydroxyl groups is 3. The summed E-state index contributed by atoms with van der Waals surface area (Å²) in [4.78, 5) is 66.0. The number of hydrogen-bond donors (Lipinski definition) is 6. The van der Waals surface area contributed by atoms with Crippen LogP contribution in [0, 0.1) is 24.7 Å². The van der Waals surface area contributed by atoms with Crippen LogP contribution in [-0.2, 0) is 20.8 Å². The van der Waals surface area contributed by atoms with Gasteiger partial charge in [-0.05, 0) is 55.5 Å². The fourth-order valence-electron chi connectivity index (χ4n) is 6.13. The van der Waals surface area contributed by atoms with Crippen LogP contribution in [0.3, 0.4) is 0 Å². The van der Waals surface area contributed by atoms with Gasteiger partial charge in [0.25, 0.3) is 0 Å². The molecule has 11 nitrogen and oxygen atoms in total. The third kappa shape index (κ3) is 12.7. The molecule has 1 aromatic rings. The number of aromatic hydroxyl groups is 1. The van der Waals surface area contributed by atoms with Crippen LogP contribution >= 0.6 is 11.8 Å². The molecule has 1 aliphatic carbocycles. The molecular weight excluding hydrogens is 721 g/mol. The van der Waals surface area contributed by atoms with E-state index >= 15 is 0 Å². The number of hydrogen-bond acceptors (Lipinski definition) is 10. The third-order valence-corrected chi connectivity index (χ3v) is 10.7. The molecule has 2 heterocycles. The summed E-state index contributed by atoms with van der Waals surface area (Å²) in [5.74, 6) is -3.35. The van der Waals surface area contributed by atoms with E-state index in [4.69, 9.17) is 0 Å². The van der Waals surface area contributed by atoms with E-state index in [0.29, 0.717) is 27.4 Å². The Morgan fingerprint density at radius 3 is 2.27 bits per heavy atom. The van der Waals surface area contributed by atoms with Gasteiger partial charge < -0.3 is 31.1 Å². The van der Waals surface area contributed by atoms with Gasteiger partial charge in [-0.1, -0.05) is 75.5 Å². The summed E-state index contributed by atoms with van der Waals surface area (Å²) in [6.45, 7) is 11.7. The number of aryl methyl sites for hydroxylation is 1. The van der Waals surface area contributed by atoms with Crippen LogP contribution in [0.1, 0.15) is 86.2 Å². The second-order valence-corrected chi connectivity index (χ2v) is 15.4. The van der Waals surface area contributed by atoms with Gasteiger partial charge in [0.1, 0.15) is 5.75 Å². The van der Waals surface area contributed by atoms with Crippen molar-refractivity contribution in [1.82, 2.24) is 10.6 Å². The van der Waals surface area contributed by atoms with Crippen molar-refractivity contribution in [2.75, 3.05) is 12.3 Å². The molecule has 0 saturated carbocycles. The Morgan fingerprint density at radius 2 is 1.58 bits per heavy atom. The molecular formula is C43H54N2O9S. The lowest BCUT2D eigenvalue weighted by Gasteiger charge is -2.26. The van der Waals surface area contributed by atoms with Gasteiger partial charge in [0.2, 0.25) is 17.6 Å². The average molecular weight is 775 g/mol. The summed E-state index contributed by atoms with van der Waals surface area (Å²) >= 11 is 1.24. The van der Waals surface area contributed by atoms with Crippen molar-refractivity contribution in [2.45, 2.75) is 86.0 Å². The summed E-state index contributed by atoms with van der Waals surface area (Å²) in [7, 11) is 0. The third-order valence-electron chi connectivity index (χ3n) is 9.60. The van der Waals surface area contributed by atoms with E-state index in [1.807, 2.05) is 0 Å². The number of phenolic OH excluding ortho intramolecular Hbond substituents is 1. The lowest BCUT2D eigenvalue weighted by atomic mass is 9.83. The summed E-state index contributed by atoms with van der Waals surface area (Å²) in [5.41, 5.74) is 1.42. The monoisotopic (exact) mass is 774 g/mol. The molecule has 4 rings (SSSR count). The zero-order valence-electron chi connectivity index (χ0n) is 32.6. The van der Waals surface area contributed by atoms with Crippen LogP contribution in [0.5, 0.6) is 5.75 Å². The highest BCUT2D eigenvalue weighted by Gasteiger charge is 2.33. The normalized spacial score (nSPS) is 29.4. The Labute approximate surface area is 327 Å². The number of carbonyl (C=O) groups excluding carboxylic acids is 5. The van der Waals surface area contributed by atoms with Gasteiger partial charge in [-0.25, -0.2) is 0 Å². The number of Topliss-reactive ketones (excluding diaryl/α,β-unsaturated/α-hetero) is 3. The summed E-state index contributed by atoms with van der Waals surface area (Å²) in [6, 6.07) is 1.50. The van der Waals surface area contributed by atoms with Gasteiger partial charge in [0.05, 0.1) is 29.6 Å². The van der Waals surface area contributed by atoms with Gasteiger partial charge in [-0.2, -0.15) is 0 Å². The Morgan fingerprint density at radius 1 is 0.891 bits per heavy atom. The number of amides is 2. The molecule has 12 heteroatoms. The highest BCUT2D eigenvalue weighted by molar-refractivity contribution is 8.03. The predicted molar refractivity (Wildman–Crippen MR) is 215 cm³/mol. The van der Waals surface area contributed by atoms with E-state index in [0.717, 1.165) is 0 Å². The van der Waals surface area contributed by atoms with Gasteiger partial charge in [0.15, 0.2) is 11.6 Å². The largest absolute Gasteiger partial charge is 0.507 e. The van der Waals surface area contributed by atoms with E-state index in [1.165, 1.54) is 36.9 Å². The molecule has 0 unspecified atom stereocenters. The maximum Gasteiger partial charge on any atom is 0.248 e. The number of nitrogens with one attached hydrogen (secondary N) is 2. The highest BCUT2D eigenvalue weighted by Crippen LogP contribution is 2.39. The number of rotatable bonds is 4. The number of thioether (sulfide) groups is 1. The fraction of sp³-hybridized carbons (Fsp3) is 0.419. The fourth-order valence-corrected chi connectivity index (χ4v) is 7.12. The molecule has 3 aliphatic rings. The van der Waals surface area contributed by atoms with Crippen molar-refractivity contribution >= 4 is 40.9 Å². The summed E-state index contributed by atoms with van der Waals surface area (Å²) in [5, 5.41) is 49.0. The van der Waals surface area contributed by atoms with Crippen molar-refractivity contribution in [3.63, 3.8) is 0 Å². The molecule has 4 bridgehead atoms. The lowest BCUT2D eigenvalue weighted by Crippen LogP contribution is -2.32. The Bertz CT molecular complexity index is 1870. The van der Waals surface area contributed by atoms with Crippen LogP contribution in [0.25, 0.3) is 0 Å². The van der Waals surface area contributed by atoms with E-state index < -0.39 is 47.6 Å². The van der Waals surface area contributed by atoms with Gasteiger partial charge in [0, 0.05) is 66.4 Å². The number of carbonyl (C=O) groups is 5. The first kappa shape index (κ1) is 44.8. The van der Waals surface area contributed by atoms with Crippen LogP contribution in [0.4, 0.5) is 0 Å². The molecule has 0 spiro atoms. The zero-order chi connectivity index (χ0) is 41.0. The zero-order valence-corrected chi connectivity index (χ0v) is 33.4. The molecule has 1 aromatic carbocycles. The number of benzene rings is 1. The smallest absolute Gasteiger partial charge is 0.248 e. The molecule has 2 aliphatic heterocycles. The molecule has 2 amide bonds. The SMILES string of the molecule is CC(=O)NCCSC1=C2NC(=O)\C=C/C=C\C=C\[C@H](C)[C@@H](O)CC(=O)/C(C)=C/C[C@H](O)/C=C/[C@H](C)[C@H](O)[C@@H](C)/C=C(\C)C(=O)c3c(O)c(C)cc(c3C1)C2=O. The van der Waals surface area contributed by atoms with Crippen molar-refractivity contribution in [3.05, 3.63) is 111 Å². The second kappa shape index (κ2) is 20.9. The lowest BCUT2D eigenvalue weighted by molar-refractivity contribution is -0.119. The molecule has 55 heavy (non-hydrogen) atoms. The number of allylic oxidation sites excluding steroid dienone is 8. The standard InChI is InChI=1S/C43H54N2O9S/c1-24-12-10-8-9-11-13-37(50)45-39-36(55-19-18-44-30(7)46)22-32-33(43(39)54)21-29(6)42(53)38(32)41(52)28(5)20-27(4)40(51)26(3)15-17-31(47)16-14-25(2)35(49)23-34(24)48/h8-15,17,20-21,24,26-27,31,34,40,47-48,51,53H,16,18-19,22-23H2,1-7H3,(H,44,46)(H,45,50)/b9-8-,12-10+,13-11-,17-15+,25-14+,28-20+/t24-,26-,27-,31-,34-,40-/m0/s1. The molecule has 6 atom stereocenters. The first-order valence-corrected chi connectivity index (χ1v) is 19.4.